The third-order valence-electron chi connectivity index (χ3n) is 5.58. The highest BCUT2D eigenvalue weighted by molar-refractivity contribution is 5.56. The van der Waals surface area contributed by atoms with Crippen molar-refractivity contribution in [2.45, 2.75) is 25.7 Å². The molecular formula is C19H22NO4+. The number of ether oxygens (including phenoxy) is 3. The first-order valence-electron chi connectivity index (χ1n) is 8.31. The van der Waals surface area contributed by atoms with Crippen molar-refractivity contribution in [3.8, 4) is 0 Å². The molecule has 0 spiro atoms. The fourth-order valence-electron chi connectivity index (χ4n) is 4.50. The van der Waals surface area contributed by atoms with Crippen molar-refractivity contribution >= 4 is 0 Å². The highest BCUT2D eigenvalue weighted by atomic mass is 16.5. The molecule has 1 fully saturated rings. The molecule has 1 aliphatic heterocycles. The molecule has 1 saturated carbocycles. The van der Waals surface area contributed by atoms with Gasteiger partial charge in [0.25, 0.3) is 0 Å². The van der Waals surface area contributed by atoms with E-state index in [1.165, 1.54) is 11.1 Å². The van der Waals surface area contributed by atoms with Crippen molar-refractivity contribution in [3.63, 3.8) is 0 Å². The number of fused-ring (bicyclic) bond motifs is 1. The maximum atomic E-state index is 12.5. The van der Waals surface area contributed by atoms with Crippen molar-refractivity contribution in [1.29, 1.82) is 0 Å². The van der Waals surface area contributed by atoms with Crippen LogP contribution in [0.1, 0.15) is 25.7 Å². The molecule has 0 amide bonds. The normalized spacial score (nSPS) is 35.5. The van der Waals surface area contributed by atoms with Gasteiger partial charge in [0.2, 0.25) is 6.20 Å². The van der Waals surface area contributed by atoms with Crippen LogP contribution in [0.3, 0.4) is 0 Å². The van der Waals surface area contributed by atoms with Gasteiger partial charge in [-0.1, -0.05) is 0 Å². The van der Waals surface area contributed by atoms with Gasteiger partial charge in [0.1, 0.15) is 4.76 Å². The van der Waals surface area contributed by atoms with Crippen molar-refractivity contribution in [3.05, 3.63) is 63.5 Å². The van der Waals surface area contributed by atoms with Crippen LogP contribution in [0.4, 0.5) is 0 Å². The number of hydrogen-bond donors (Lipinski definition) is 0. The Morgan fingerprint density at radius 3 is 2.62 bits per heavy atom. The second-order valence-electron chi connectivity index (χ2n) is 6.84. The minimum Gasteiger partial charge on any atom is -0.493 e. The molecule has 0 saturated heterocycles. The first-order valence-corrected chi connectivity index (χ1v) is 8.31. The quantitative estimate of drug-likeness (QED) is 0.741. The van der Waals surface area contributed by atoms with Gasteiger partial charge in [-0.25, -0.2) is 0 Å². The molecule has 0 aromatic rings. The molecule has 3 bridgehead atoms. The van der Waals surface area contributed by atoms with Crippen LogP contribution in [-0.4, -0.2) is 26.1 Å². The summed E-state index contributed by atoms with van der Waals surface area (Å²) in [5.74, 6) is 2.37. The topological polar surface area (TPSA) is 47.8 Å². The lowest BCUT2D eigenvalue weighted by molar-refractivity contribution is -0.462. The maximum absolute atomic E-state index is 12.5. The first-order chi connectivity index (χ1) is 11.6. The SMILES string of the molecule is COC1=CC2=C3CC4CC/C3=C/[N+](=O)/C(OC)=C\C2(C=C1OC)C4. The third-order valence-corrected chi connectivity index (χ3v) is 5.58. The standard InChI is InChI=1S/C19H22NO4/c1-22-16-7-15-14-6-12-4-5-13(14)11-20(21)18(24-3)10-19(15,8-12)9-17(16)23-2/h7,9-12H,4-6,8H2,1-3H3/q+1/b13-11-,18-10+. The van der Waals surface area contributed by atoms with Crippen LogP contribution in [-0.2, 0) is 14.2 Å². The number of hydrogen-bond acceptors (Lipinski definition) is 4. The van der Waals surface area contributed by atoms with Crippen LogP contribution in [0.15, 0.2) is 58.5 Å². The van der Waals surface area contributed by atoms with Crippen LogP contribution >= 0.6 is 0 Å². The average molecular weight is 328 g/mol. The molecule has 5 heteroatoms. The molecule has 24 heavy (non-hydrogen) atoms. The van der Waals surface area contributed by atoms with Gasteiger partial charge in [0.05, 0.1) is 21.3 Å². The van der Waals surface area contributed by atoms with E-state index in [2.05, 4.69) is 12.2 Å². The Kier molecular flexibility index (Phi) is 3.41. The van der Waals surface area contributed by atoms with E-state index in [9.17, 15) is 4.91 Å². The molecule has 2 atom stereocenters. The summed E-state index contributed by atoms with van der Waals surface area (Å²) in [6.07, 6.45) is 11.8. The lowest BCUT2D eigenvalue weighted by Crippen LogP contribution is -2.35. The van der Waals surface area contributed by atoms with Gasteiger partial charge in [0, 0.05) is 22.0 Å². The Bertz CT molecular complexity index is 768. The van der Waals surface area contributed by atoms with E-state index >= 15 is 0 Å². The summed E-state index contributed by atoms with van der Waals surface area (Å²) < 4.78 is 17.3. The van der Waals surface area contributed by atoms with Crippen molar-refractivity contribution in [2.75, 3.05) is 21.3 Å². The van der Waals surface area contributed by atoms with Gasteiger partial charge < -0.3 is 14.2 Å². The molecule has 0 N–H and O–H groups in total. The van der Waals surface area contributed by atoms with Gasteiger partial charge >= 0.3 is 5.88 Å². The molecule has 4 rings (SSSR count). The van der Waals surface area contributed by atoms with E-state index in [1.54, 1.807) is 27.5 Å². The zero-order valence-corrected chi connectivity index (χ0v) is 14.3. The van der Waals surface area contributed by atoms with Crippen molar-refractivity contribution in [2.24, 2.45) is 11.3 Å². The van der Waals surface area contributed by atoms with Crippen molar-refractivity contribution < 1.29 is 19.0 Å². The van der Waals surface area contributed by atoms with Crippen molar-refractivity contribution in [1.82, 2.24) is 0 Å². The summed E-state index contributed by atoms with van der Waals surface area (Å²) in [4.78, 5) is 12.5. The largest absolute Gasteiger partial charge is 0.493 e. The fourth-order valence-corrected chi connectivity index (χ4v) is 4.50. The monoisotopic (exact) mass is 328 g/mol. The minimum atomic E-state index is -0.375. The number of rotatable bonds is 3. The van der Waals surface area contributed by atoms with E-state index in [4.69, 9.17) is 14.2 Å². The van der Waals surface area contributed by atoms with Gasteiger partial charge in [-0.2, -0.15) is 0 Å². The molecule has 5 nitrogen and oxygen atoms in total. The van der Waals surface area contributed by atoms with Gasteiger partial charge in [0.15, 0.2) is 11.5 Å². The van der Waals surface area contributed by atoms with E-state index < -0.39 is 0 Å². The lowest BCUT2D eigenvalue weighted by Gasteiger charge is -2.44. The lowest BCUT2D eigenvalue weighted by atomic mass is 9.59. The molecule has 1 heterocycles. The molecule has 0 aromatic heterocycles. The molecule has 2 unspecified atom stereocenters. The van der Waals surface area contributed by atoms with Crippen LogP contribution in [0.25, 0.3) is 0 Å². The zero-order valence-electron chi connectivity index (χ0n) is 14.3. The third kappa shape index (κ3) is 2.07. The zero-order chi connectivity index (χ0) is 16.9. The molecule has 4 aliphatic rings. The highest BCUT2D eigenvalue weighted by Crippen LogP contribution is 2.56. The predicted molar refractivity (Wildman–Crippen MR) is 88.4 cm³/mol. The Morgan fingerprint density at radius 1 is 1.12 bits per heavy atom. The Labute approximate surface area is 141 Å². The van der Waals surface area contributed by atoms with E-state index in [1.807, 2.05) is 6.08 Å². The Hall–Kier alpha value is -2.30. The first kappa shape index (κ1) is 15.2. The number of methoxy groups -OCH3 is 3. The molecule has 3 aliphatic carbocycles. The Morgan fingerprint density at radius 2 is 1.92 bits per heavy atom. The van der Waals surface area contributed by atoms with E-state index in [0.717, 1.165) is 41.8 Å². The summed E-state index contributed by atoms with van der Waals surface area (Å²) in [5.41, 5.74) is 3.24. The second kappa shape index (κ2) is 5.36. The van der Waals surface area contributed by atoms with Crippen LogP contribution in [0, 0.1) is 16.2 Å². The van der Waals surface area contributed by atoms with E-state index in [0.29, 0.717) is 17.6 Å². The van der Waals surface area contributed by atoms with Gasteiger partial charge in [-0.05, 0) is 54.9 Å². The maximum Gasteiger partial charge on any atom is 0.419 e. The van der Waals surface area contributed by atoms with E-state index in [-0.39, 0.29) is 5.41 Å². The van der Waals surface area contributed by atoms with Gasteiger partial charge in [-0.15, -0.1) is 0 Å². The van der Waals surface area contributed by atoms with Gasteiger partial charge in [-0.3, -0.25) is 0 Å². The molecule has 126 valence electrons. The number of nitrogens with zero attached hydrogens (tertiary/aromatic N) is 1. The summed E-state index contributed by atoms with van der Waals surface area (Å²) in [6.45, 7) is 0. The fraction of sp³-hybridized carbons (Fsp3) is 0.474. The summed E-state index contributed by atoms with van der Waals surface area (Å²) in [7, 11) is 4.84. The second-order valence-corrected chi connectivity index (χ2v) is 6.84. The summed E-state index contributed by atoms with van der Waals surface area (Å²) in [5, 5.41) is 0. The highest BCUT2D eigenvalue weighted by Gasteiger charge is 2.48. The van der Waals surface area contributed by atoms with Crippen LogP contribution in [0.5, 0.6) is 0 Å². The van der Waals surface area contributed by atoms with Crippen LogP contribution < -0.4 is 0 Å². The average Bonchev–Trinajstić information content (AvgIpc) is 2.60. The predicted octanol–water partition coefficient (Wildman–Crippen LogP) is 3.71. The number of nitroso groups, excluding NO2 is 1. The summed E-state index contributed by atoms with van der Waals surface area (Å²) in [6, 6.07) is 0. The molecule has 0 radical (unpaired) electrons. The minimum absolute atomic E-state index is 0.326. The van der Waals surface area contributed by atoms with Crippen LogP contribution in [0.2, 0.25) is 0 Å². The molecular weight excluding hydrogens is 306 g/mol. The molecule has 0 aromatic carbocycles. The smallest absolute Gasteiger partial charge is 0.419 e. The number of allylic oxidation sites excluding steroid dienone is 6. The summed E-state index contributed by atoms with van der Waals surface area (Å²) >= 11 is 0. The Balaban J connectivity index is 2.03.